The van der Waals surface area contributed by atoms with Crippen molar-refractivity contribution in [2.45, 2.75) is 76.4 Å². The highest BCUT2D eigenvalue weighted by molar-refractivity contribution is 5.92. The maximum atomic E-state index is 11.9. The summed E-state index contributed by atoms with van der Waals surface area (Å²) in [7, 11) is 0. The predicted octanol–water partition coefficient (Wildman–Crippen LogP) is 3.45. The molecule has 4 heteroatoms. The highest BCUT2D eigenvalue weighted by Crippen LogP contribution is 2.69. The Morgan fingerprint density at radius 1 is 1.04 bits per heavy atom. The van der Waals surface area contributed by atoms with Gasteiger partial charge >= 0.3 is 5.97 Å². The van der Waals surface area contributed by atoms with Crippen molar-refractivity contribution in [2.75, 3.05) is 0 Å². The van der Waals surface area contributed by atoms with E-state index in [1.165, 1.54) is 5.57 Å². The number of allylic oxidation sites excluding steroid dienone is 3. The average Bonchev–Trinajstić information content (AvgIpc) is 3.10. The molecule has 1 saturated heterocycles. The molecule has 0 amide bonds. The Bertz CT molecular complexity index is 769. The first-order chi connectivity index (χ1) is 12.2. The fraction of sp³-hybridized carbons (Fsp3) is 0.727. The zero-order valence-electron chi connectivity index (χ0n) is 15.8. The number of carbonyl (C=O) groups excluding carboxylic acids is 2. The van der Waals surface area contributed by atoms with Gasteiger partial charge in [0, 0.05) is 23.8 Å². The Balaban J connectivity index is 1.59. The number of fused-ring (bicyclic) bond motifs is 6. The van der Waals surface area contributed by atoms with Crippen molar-refractivity contribution in [1.29, 1.82) is 0 Å². The number of carbonyl (C=O) groups is 2. The predicted molar refractivity (Wildman–Crippen MR) is 98.1 cm³/mol. The first-order valence-corrected chi connectivity index (χ1v) is 10.2. The van der Waals surface area contributed by atoms with E-state index < -0.39 is 0 Å². The molecule has 1 aliphatic heterocycles. The van der Waals surface area contributed by atoms with Crippen LogP contribution in [0.4, 0.5) is 0 Å². The third-order valence-corrected chi connectivity index (χ3v) is 9.04. The smallest absolute Gasteiger partial charge is 0.306 e. The van der Waals surface area contributed by atoms with Crippen molar-refractivity contribution in [3.8, 4) is 0 Å². The molecular formula is C22H29NO3. The Kier molecular flexibility index (Phi) is 3.15. The summed E-state index contributed by atoms with van der Waals surface area (Å²) >= 11 is 0. The molecule has 1 spiro atoms. The molecule has 0 aromatic heterocycles. The van der Waals surface area contributed by atoms with E-state index in [-0.39, 0.29) is 33.7 Å². The van der Waals surface area contributed by atoms with Crippen LogP contribution in [0.2, 0.25) is 0 Å². The fourth-order valence-electron chi connectivity index (χ4n) is 7.53. The monoisotopic (exact) mass is 355 g/mol. The Hall–Kier alpha value is -1.42. The summed E-state index contributed by atoms with van der Waals surface area (Å²) in [6, 6.07) is 0. The maximum Gasteiger partial charge on any atom is 0.306 e. The van der Waals surface area contributed by atoms with Crippen LogP contribution in [-0.4, -0.2) is 22.9 Å². The normalized spacial score (nSPS) is 52.3. The molecule has 1 heterocycles. The van der Waals surface area contributed by atoms with Crippen LogP contribution >= 0.6 is 0 Å². The van der Waals surface area contributed by atoms with Crippen LogP contribution in [0, 0.1) is 22.7 Å². The number of rotatable bonds is 0. The molecule has 2 N–H and O–H groups in total. The van der Waals surface area contributed by atoms with Gasteiger partial charge in [0.05, 0.1) is 0 Å². The zero-order valence-corrected chi connectivity index (χ0v) is 15.8. The number of esters is 1. The van der Waals surface area contributed by atoms with Crippen molar-refractivity contribution in [3.63, 3.8) is 0 Å². The van der Waals surface area contributed by atoms with E-state index >= 15 is 0 Å². The van der Waals surface area contributed by atoms with E-state index in [0.29, 0.717) is 24.7 Å². The molecule has 0 aromatic carbocycles. The SMILES string of the molecule is C[C@]12CCC(=O)C=C1C=C[C@]1(N)C2CC[C@@]2(C)[C@H]1CC[C@@]21CCC(=O)O1. The Morgan fingerprint density at radius 3 is 2.54 bits per heavy atom. The van der Waals surface area contributed by atoms with Crippen LogP contribution < -0.4 is 5.73 Å². The third-order valence-electron chi connectivity index (χ3n) is 9.04. The highest BCUT2D eigenvalue weighted by Gasteiger charge is 2.70. The summed E-state index contributed by atoms with van der Waals surface area (Å²) in [5.41, 5.74) is 7.64. The molecule has 0 radical (unpaired) electrons. The lowest BCUT2D eigenvalue weighted by Gasteiger charge is -2.61. The Morgan fingerprint density at radius 2 is 1.81 bits per heavy atom. The number of ether oxygens (including phenoxy) is 1. The second-order valence-electron chi connectivity index (χ2n) is 9.89. The van der Waals surface area contributed by atoms with E-state index in [4.69, 9.17) is 10.5 Å². The van der Waals surface area contributed by atoms with Crippen LogP contribution in [0.3, 0.4) is 0 Å². The van der Waals surface area contributed by atoms with Gasteiger partial charge in [0.15, 0.2) is 5.78 Å². The minimum absolute atomic E-state index is 0.0130. The van der Waals surface area contributed by atoms with Crippen molar-refractivity contribution < 1.29 is 14.3 Å². The second-order valence-corrected chi connectivity index (χ2v) is 9.89. The van der Waals surface area contributed by atoms with Gasteiger partial charge in [0.1, 0.15) is 5.60 Å². The lowest BCUT2D eigenvalue weighted by Crippen LogP contribution is -2.66. The maximum absolute atomic E-state index is 11.9. The average molecular weight is 355 g/mol. The lowest BCUT2D eigenvalue weighted by molar-refractivity contribution is -0.166. The van der Waals surface area contributed by atoms with Gasteiger partial charge in [-0.2, -0.15) is 0 Å². The first kappa shape index (κ1) is 16.7. The van der Waals surface area contributed by atoms with Gasteiger partial charge in [-0.3, -0.25) is 9.59 Å². The molecular weight excluding hydrogens is 326 g/mol. The molecule has 4 nitrogen and oxygen atoms in total. The van der Waals surface area contributed by atoms with Crippen LogP contribution in [0.1, 0.15) is 65.2 Å². The molecule has 4 aliphatic carbocycles. The summed E-state index contributed by atoms with van der Waals surface area (Å²) in [5, 5.41) is 0. The lowest BCUT2D eigenvalue weighted by atomic mass is 9.45. The fourth-order valence-corrected chi connectivity index (χ4v) is 7.53. The van der Waals surface area contributed by atoms with Crippen molar-refractivity contribution in [3.05, 3.63) is 23.8 Å². The second kappa shape index (κ2) is 4.89. The topological polar surface area (TPSA) is 69.4 Å². The van der Waals surface area contributed by atoms with Crippen LogP contribution in [0.15, 0.2) is 23.8 Å². The van der Waals surface area contributed by atoms with Gasteiger partial charge in [-0.15, -0.1) is 0 Å². The van der Waals surface area contributed by atoms with E-state index in [0.717, 1.165) is 38.5 Å². The molecule has 1 unspecified atom stereocenters. The minimum Gasteiger partial charge on any atom is -0.458 e. The summed E-state index contributed by atoms with van der Waals surface area (Å²) in [5.74, 6) is 0.879. The summed E-state index contributed by atoms with van der Waals surface area (Å²) in [4.78, 5) is 23.9. The van der Waals surface area contributed by atoms with E-state index in [1.807, 2.05) is 6.08 Å². The van der Waals surface area contributed by atoms with E-state index in [2.05, 4.69) is 26.0 Å². The van der Waals surface area contributed by atoms with Crippen molar-refractivity contribution in [1.82, 2.24) is 0 Å². The minimum atomic E-state index is -0.377. The highest BCUT2D eigenvalue weighted by atomic mass is 16.6. The molecule has 26 heavy (non-hydrogen) atoms. The molecule has 0 aromatic rings. The first-order valence-electron chi connectivity index (χ1n) is 10.2. The van der Waals surface area contributed by atoms with Crippen molar-refractivity contribution >= 4 is 11.8 Å². The van der Waals surface area contributed by atoms with Gasteiger partial charge in [-0.25, -0.2) is 0 Å². The molecule has 5 rings (SSSR count). The molecule has 140 valence electrons. The van der Waals surface area contributed by atoms with Gasteiger partial charge in [-0.05, 0) is 67.4 Å². The van der Waals surface area contributed by atoms with Gasteiger partial charge in [0.2, 0.25) is 0 Å². The molecule has 2 saturated carbocycles. The summed E-state index contributed by atoms with van der Waals surface area (Å²) in [6.07, 6.45) is 13.2. The number of hydrogen-bond donors (Lipinski definition) is 1. The van der Waals surface area contributed by atoms with E-state index in [1.54, 1.807) is 0 Å². The molecule has 6 atom stereocenters. The summed E-state index contributed by atoms with van der Waals surface area (Å²) < 4.78 is 5.98. The number of hydrogen-bond acceptors (Lipinski definition) is 4. The zero-order chi connectivity index (χ0) is 18.4. The van der Waals surface area contributed by atoms with Crippen LogP contribution in [-0.2, 0) is 14.3 Å². The molecule has 5 aliphatic rings. The summed E-state index contributed by atoms with van der Waals surface area (Å²) in [6.45, 7) is 4.63. The largest absolute Gasteiger partial charge is 0.458 e. The molecule has 0 bridgehead atoms. The standard InChI is InChI=1S/C22H29NO3/c1-19-8-4-15(24)13-14(19)3-12-22(23)16(19)5-9-20(2)17(22)6-10-21(20)11-7-18(25)26-21/h3,12-13,16-17H,4-11,23H2,1-2H3/t16?,17-,19+,20+,21-,22+/m1/s1. The number of ketones is 1. The quantitative estimate of drug-likeness (QED) is 0.676. The van der Waals surface area contributed by atoms with Crippen molar-refractivity contribution in [2.24, 2.45) is 28.4 Å². The third kappa shape index (κ3) is 1.79. The molecule has 3 fully saturated rings. The number of nitrogens with two attached hydrogens (primary N) is 1. The van der Waals surface area contributed by atoms with Crippen LogP contribution in [0.25, 0.3) is 0 Å². The van der Waals surface area contributed by atoms with E-state index in [9.17, 15) is 9.59 Å². The van der Waals surface area contributed by atoms with Crippen LogP contribution in [0.5, 0.6) is 0 Å². The van der Waals surface area contributed by atoms with Gasteiger partial charge in [0.25, 0.3) is 0 Å². The Labute approximate surface area is 155 Å². The van der Waals surface area contributed by atoms with Gasteiger partial charge in [-0.1, -0.05) is 26.0 Å². The van der Waals surface area contributed by atoms with Gasteiger partial charge < -0.3 is 10.5 Å².